The first-order valence-electron chi connectivity index (χ1n) is 7.59. The highest BCUT2D eigenvalue weighted by molar-refractivity contribution is 9.10. The second-order valence-electron chi connectivity index (χ2n) is 7.06. The minimum absolute atomic E-state index is 0.0136. The van der Waals surface area contributed by atoms with Crippen LogP contribution in [0, 0.1) is 23.2 Å². The van der Waals surface area contributed by atoms with E-state index in [0.717, 1.165) is 46.4 Å². The molecule has 1 heterocycles. The van der Waals surface area contributed by atoms with Gasteiger partial charge in [-0.15, -0.1) is 11.3 Å². The zero-order chi connectivity index (χ0) is 13.7. The van der Waals surface area contributed by atoms with Crippen molar-refractivity contribution in [2.75, 3.05) is 0 Å². The highest BCUT2D eigenvalue weighted by Gasteiger charge is 2.53. The molecule has 106 valence electrons. The first-order valence-corrected chi connectivity index (χ1v) is 9.27. The molecule has 4 saturated carbocycles. The molecule has 0 unspecified atom stereocenters. The normalized spacial score (nSPS) is 38.8. The lowest BCUT2D eigenvalue weighted by Gasteiger charge is -2.55. The van der Waals surface area contributed by atoms with Crippen molar-refractivity contribution in [3.05, 3.63) is 26.9 Å². The van der Waals surface area contributed by atoms with Gasteiger partial charge in [-0.3, -0.25) is 4.79 Å². The maximum atomic E-state index is 12.8. The van der Waals surface area contributed by atoms with E-state index in [1.807, 2.05) is 12.2 Å². The number of halogens is 1. The zero-order valence-corrected chi connectivity index (χ0v) is 13.9. The summed E-state index contributed by atoms with van der Waals surface area (Å²) in [5.41, 5.74) is 0.0136. The molecule has 4 fully saturated rings. The van der Waals surface area contributed by atoms with E-state index >= 15 is 0 Å². The van der Waals surface area contributed by atoms with E-state index in [-0.39, 0.29) is 5.41 Å². The minimum atomic E-state index is 0.0136. The van der Waals surface area contributed by atoms with Gasteiger partial charge in [-0.05, 0) is 90.4 Å². The third kappa shape index (κ3) is 2.23. The molecule has 5 rings (SSSR count). The van der Waals surface area contributed by atoms with E-state index < -0.39 is 0 Å². The van der Waals surface area contributed by atoms with Crippen molar-refractivity contribution >= 4 is 39.1 Å². The number of hydrogen-bond acceptors (Lipinski definition) is 2. The fraction of sp³-hybridized carbons (Fsp3) is 0.588. The van der Waals surface area contributed by atoms with Crippen molar-refractivity contribution in [2.45, 2.75) is 38.5 Å². The molecule has 0 saturated heterocycles. The minimum Gasteiger partial charge on any atom is -0.294 e. The van der Waals surface area contributed by atoms with Crippen molar-refractivity contribution in [1.82, 2.24) is 0 Å². The fourth-order valence-corrected chi connectivity index (χ4v) is 6.50. The van der Waals surface area contributed by atoms with E-state index in [0.29, 0.717) is 5.78 Å². The van der Waals surface area contributed by atoms with Crippen molar-refractivity contribution < 1.29 is 4.79 Å². The Hall–Kier alpha value is -0.410. The monoisotopic (exact) mass is 350 g/mol. The Morgan fingerprint density at radius 3 is 2.30 bits per heavy atom. The Morgan fingerprint density at radius 2 is 1.80 bits per heavy atom. The van der Waals surface area contributed by atoms with Gasteiger partial charge in [0, 0.05) is 20.1 Å². The SMILES string of the molecule is O=C(/C=C/c1cc(Br)cs1)C12CC3CC(CC(C3)C1)C2. The van der Waals surface area contributed by atoms with E-state index in [9.17, 15) is 4.79 Å². The first kappa shape index (κ1) is 13.3. The summed E-state index contributed by atoms with van der Waals surface area (Å²) in [5, 5.41) is 2.06. The van der Waals surface area contributed by atoms with Crippen LogP contribution in [0.5, 0.6) is 0 Å². The second kappa shape index (κ2) is 4.81. The number of ketones is 1. The predicted molar refractivity (Wildman–Crippen MR) is 86.7 cm³/mol. The molecule has 0 aromatic carbocycles. The first-order chi connectivity index (χ1) is 9.63. The number of carbonyl (C=O) groups is 1. The molecule has 1 nitrogen and oxygen atoms in total. The lowest BCUT2D eigenvalue weighted by molar-refractivity contribution is -0.138. The van der Waals surface area contributed by atoms with E-state index in [4.69, 9.17) is 0 Å². The molecule has 0 spiro atoms. The van der Waals surface area contributed by atoms with Crippen LogP contribution in [0.3, 0.4) is 0 Å². The third-order valence-electron chi connectivity index (χ3n) is 5.55. The van der Waals surface area contributed by atoms with Gasteiger partial charge in [0.1, 0.15) is 0 Å². The van der Waals surface area contributed by atoms with Crippen molar-refractivity contribution in [3.8, 4) is 0 Å². The molecule has 0 radical (unpaired) electrons. The largest absolute Gasteiger partial charge is 0.294 e. The predicted octanol–water partition coefficient (Wildman–Crippen LogP) is 5.31. The molecule has 1 aromatic rings. The number of thiophene rings is 1. The summed E-state index contributed by atoms with van der Waals surface area (Å²) >= 11 is 5.14. The van der Waals surface area contributed by atoms with E-state index in [1.54, 1.807) is 11.3 Å². The second-order valence-corrected chi connectivity index (χ2v) is 8.92. The Balaban J connectivity index is 1.55. The van der Waals surface area contributed by atoms with E-state index in [1.165, 1.54) is 19.3 Å². The van der Waals surface area contributed by atoms with Crippen molar-refractivity contribution in [2.24, 2.45) is 23.2 Å². The molecule has 0 aliphatic heterocycles. The smallest absolute Gasteiger partial charge is 0.161 e. The van der Waals surface area contributed by atoms with Gasteiger partial charge in [0.05, 0.1) is 0 Å². The molecule has 1 aromatic heterocycles. The highest BCUT2D eigenvalue weighted by atomic mass is 79.9. The van der Waals surface area contributed by atoms with Crippen LogP contribution in [0.2, 0.25) is 0 Å². The van der Waals surface area contributed by atoms with Gasteiger partial charge < -0.3 is 0 Å². The van der Waals surface area contributed by atoms with Crippen LogP contribution in [-0.4, -0.2) is 5.78 Å². The van der Waals surface area contributed by atoms with Crippen LogP contribution >= 0.6 is 27.3 Å². The Labute approximate surface area is 132 Å². The quantitative estimate of drug-likeness (QED) is 0.675. The Morgan fingerprint density at radius 1 is 1.20 bits per heavy atom. The molecule has 4 aliphatic rings. The molecule has 4 bridgehead atoms. The Kier molecular flexibility index (Phi) is 3.19. The summed E-state index contributed by atoms with van der Waals surface area (Å²) in [5.74, 6) is 2.93. The van der Waals surface area contributed by atoms with Crippen LogP contribution < -0.4 is 0 Å². The average Bonchev–Trinajstić information content (AvgIpc) is 2.80. The molecule has 20 heavy (non-hydrogen) atoms. The summed E-state index contributed by atoms with van der Waals surface area (Å²) in [6.45, 7) is 0. The lowest BCUT2D eigenvalue weighted by atomic mass is 9.48. The van der Waals surface area contributed by atoms with Gasteiger partial charge in [-0.2, -0.15) is 0 Å². The summed E-state index contributed by atoms with van der Waals surface area (Å²) in [4.78, 5) is 13.9. The summed E-state index contributed by atoms with van der Waals surface area (Å²) < 4.78 is 1.10. The summed E-state index contributed by atoms with van der Waals surface area (Å²) in [7, 11) is 0. The fourth-order valence-electron chi connectivity index (χ4n) is 5.16. The maximum absolute atomic E-state index is 12.8. The maximum Gasteiger partial charge on any atom is 0.161 e. The molecule has 0 amide bonds. The standard InChI is InChI=1S/C17H19BrOS/c18-14-6-15(20-10-14)1-2-16(19)17-7-11-3-12(8-17)5-13(4-11)9-17/h1-2,6,10-13H,3-5,7-9H2/b2-1+. The molecular weight excluding hydrogens is 332 g/mol. The average molecular weight is 351 g/mol. The van der Waals surface area contributed by atoms with Crippen LogP contribution in [0.4, 0.5) is 0 Å². The van der Waals surface area contributed by atoms with Gasteiger partial charge in [-0.1, -0.05) is 0 Å². The van der Waals surface area contributed by atoms with Gasteiger partial charge in [0.2, 0.25) is 0 Å². The molecule has 3 heteroatoms. The number of hydrogen-bond donors (Lipinski definition) is 0. The van der Waals surface area contributed by atoms with Crippen LogP contribution in [-0.2, 0) is 4.79 Å². The van der Waals surface area contributed by atoms with Crippen LogP contribution in [0.1, 0.15) is 43.4 Å². The van der Waals surface area contributed by atoms with Gasteiger partial charge in [0.15, 0.2) is 5.78 Å². The highest BCUT2D eigenvalue weighted by Crippen LogP contribution is 2.60. The topological polar surface area (TPSA) is 17.1 Å². The van der Waals surface area contributed by atoms with E-state index in [2.05, 4.69) is 27.4 Å². The third-order valence-corrected chi connectivity index (χ3v) is 7.21. The molecule has 0 N–H and O–H groups in total. The lowest BCUT2D eigenvalue weighted by Crippen LogP contribution is -2.49. The van der Waals surface area contributed by atoms with Crippen LogP contribution in [0.15, 0.2) is 22.0 Å². The molecule has 0 atom stereocenters. The molecule has 4 aliphatic carbocycles. The summed E-state index contributed by atoms with van der Waals surface area (Å²) in [6.07, 6.45) is 11.6. The number of allylic oxidation sites excluding steroid dienone is 1. The number of rotatable bonds is 3. The van der Waals surface area contributed by atoms with Crippen molar-refractivity contribution in [3.63, 3.8) is 0 Å². The summed E-state index contributed by atoms with van der Waals surface area (Å²) in [6, 6.07) is 2.08. The number of carbonyl (C=O) groups excluding carboxylic acids is 1. The van der Waals surface area contributed by atoms with Gasteiger partial charge >= 0.3 is 0 Å². The molecular formula is C17H19BrOS. The van der Waals surface area contributed by atoms with Gasteiger partial charge in [-0.25, -0.2) is 0 Å². The van der Waals surface area contributed by atoms with Crippen molar-refractivity contribution in [1.29, 1.82) is 0 Å². The Bertz CT molecular complexity index is 536. The van der Waals surface area contributed by atoms with Gasteiger partial charge in [0.25, 0.3) is 0 Å². The zero-order valence-electron chi connectivity index (χ0n) is 11.5. The van der Waals surface area contributed by atoms with Crippen LogP contribution in [0.25, 0.3) is 6.08 Å².